The van der Waals surface area contributed by atoms with Crippen LogP contribution in [0.5, 0.6) is 28.7 Å². The molecule has 6 nitrogen and oxygen atoms in total. The normalized spacial score (nSPS) is 10.3. The number of anilines is 1. The molecular weight excluding hydrogens is 394 g/mol. The molecule has 0 saturated heterocycles. The first-order valence-electron chi connectivity index (χ1n) is 10.1. The molecule has 0 aliphatic carbocycles. The number of ether oxygens (including phenoxy) is 4. The molecule has 1 N–H and O–H groups in total. The fraction of sp³-hybridized carbons (Fsp3) is 0.240. The molecule has 0 atom stereocenters. The Balaban J connectivity index is 1.65. The molecule has 3 aromatic rings. The fourth-order valence-electron chi connectivity index (χ4n) is 3.17. The van der Waals surface area contributed by atoms with Crippen molar-refractivity contribution in [3.63, 3.8) is 0 Å². The number of amides is 1. The highest BCUT2D eigenvalue weighted by Crippen LogP contribution is 2.32. The molecule has 0 unspecified atom stereocenters. The van der Waals surface area contributed by atoms with Crippen LogP contribution in [0.4, 0.5) is 5.69 Å². The third-order valence-corrected chi connectivity index (χ3v) is 4.63. The van der Waals surface area contributed by atoms with Gasteiger partial charge in [-0.25, -0.2) is 0 Å². The maximum atomic E-state index is 12.6. The molecule has 0 aliphatic heterocycles. The summed E-state index contributed by atoms with van der Waals surface area (Å²) in [5.41, 5.74) is 1.52. The predicted octanol–water partition coefficient (Wildman–Crippen LogP) is 5.47. The Hall–Kier alpha value is -3.67. The van der Waals surface area contributed by atoms with Crippen molar-refractivity contribution in [2.75, 3.05) is 26.1 Å². The maximum absolute atomic E-state index is 12.6. The number of aryl methyl sites for hydroxylation is 1. The Kier molecular flexibility index (Phi) is 7.76. The van der Waals surface area contributed by atoms with Crippen LogP contribution in [0.2, 0.25) is 0 Å². The number of hydrogen-bond donors (Lipinski definition) is 1. The standard InChI is InChI=1S/C25H27NO5/c1-4-30-19-13-15-20(16-14-19)31-22-10-6-5-9-21(22)26-24(27)17-12-18-8-7-11-23(28-2)25(18)29-3/h5-11,13-16H,4,12,17H2,1-3H3,(H,26,27). The summed E-state index contributed by atoms with van der Waals surface area (Å²) in [6.45, 7) is 2.55. The zero-order valence-corrected chi connectivity index (χ0v) is 18.0. The number of nitrogens with one attached hydrogen (secondary N) is 1. The van der Waals surface area contributed by atoms with Crippen molar-refractivity contribution in [2.45, 2.75) is 19.8 Å². The lowest BCUT2D eigenvalue weighted by Gasteiger charge is -2.14. The van der Waals surface area contributed by atoms with Gasteiger partial charge < -0.3 is 24.3 Å². The Morgan fingerprint density at radius 2 is 1.55 bits per heavy atom. The second-order valence-electron chi connectivity index (χ2n) is 6.70. The summed E-state index contributed by atoms with van der Waals surface area (Å²) in [6.07, 6.45) is 0.815. The van der Waals surface area contributed by atoms with E-state index in [2.05, 4.69) is 5.32 Å². The highest BCUT2D eigenvalue weighted by molar-refractivity contribution is 5.92. The first-order chi connectivity index (χ1) is 15.1. The van der Waals surface area contributed by atoms with Crippen LogP contribution in [-0.4, -0.2) is 26.7 Å². The average Bonchev–Trinajstić information content (AvgIpc) is 2.80. The van der Waals surface area contributed by atoms with Crippen LogP contribution in [0, 0.1) is 0 Å². The van der Waals surface area contributed by atoms with Crippen LogP contribution >= 0.6 is 0 Å². The third kappa shape index (κ3) is 5.92. The van der Waals surface area contributed by atoms with Crippen LogP contribution < -0.4 is 24.3 Å². The molecular formula is C25H27NO5. The van der Waals surface area contributed by atoms with Gasteiger partial charge in [-0.1, -0.05) is 24.3 Å². The van der Waals surface area contributed by atoms with E-state index in [9.17, 15) is 4.79 Å². The van der Waals surface area contributed by atoms with Gasteiger partial charge in [-0.15, -0.1) is 0 Å². The van der Waals surface area contributed by atoms with Gasteiger partial charge in [-0.3, -0.25) is 4.79 Å². The van der Waals surface area contributed by atoms with Gasteiger partial charge in [0.05, 0.1) is 26.5 Å². The van der Waals surface area contributed by atoms with Crippen molar-refractivity contribution in [3.8, 4) is 28.7 Å². The van der Waals surface area contributed by atoms with Gasteiger partial charge in [0.1, 0.15) is 11.5 Å². The second kappa shape index (κ2) is 10.9. The molecule has 0 heterocycles. The lowest BCUT2D eigenvalue weighted by Crippen LogP contribution is -2.13. The van der Waals surface area contributed by atoms with Crippen LogP contribution in [-0.2, 0) is 11.2 Å². The lowest BCUT2D eigenvalue weighted by molar-refractivity contribution is -0.116. The van der Waals surface area contributed by atoms with Crippen molar-refractivity contribution in [3.05, 3.63) is 72.3 Å². The van der Waals surface area contributed by atoms with Crippen LogP contribution in [0.25, 0.3) is 0 Å². The van der Waals surface area contributed by atoms with Crippen molar-refractivity contribution < 1.29 is 23.7 Å². The topological polar surface area (TPSA) is 66.0 Å². The minimum absolute atomic E-state index is 0.118. The Labute approximate surface area is 182 Å². The second-order valence-corrected chi connectivity index (χ2v) is 6.70. The Morgan fingerprint density at radius 1 is 0.839 bits per heavy atom. The smallest absolute Gasteiger partial charge is 0.224 e. The molecule has 0 spiro atoms. The zero-order chi connectivity index (χ0) is 22.1. The summed E-state index contributed by atoms with van der Waals surface area (Å²) in [5, 5.41) is 2.94. The zero-order valence-electron chi connectivity index (χ0n) is 18.0. The lowest BCUT2D eigenvalue weighted by atomic mass is 10.1. The molecule has 0 aromatic heterocycles. The molecule has 3 rings (SSSR count). The van der Waals surface area contributed by atoms with E-state index in [1.54, 1.807) is 14.2 Å². The van der Waals surface area contributed by atoms with Crippen molar-refractivity contribution >= 4 is 11.6 Å². The Bertz CT molecular complexity index is 1000. The molecule has 6 heteroatoms. The summed E-state index contributed by atoms with van der Waals surface area (Å²) in [7, 11) is 3.19. The average molecular weight is 421 g/mol. The van der Waals surface area contributed by atoms with E-state index in [1.807, 2.05) is 73.7 Å². The van der Waals surface area contributed by atoms with E-state index in [4.69, 9.17) is 18.9 Å². The molecule has 0 aliphatic rings. The number of hydrogen-bond acceptors (Lipinski definition) is 5. The van der Waals surface area contributed by atoms with E-state index >= 15 is 0 Å². The number of para-hydroxylation sites is 3. The summed E-state index contributed by atoms with van der Waals surface area (Å²) >= 11 is 0. The van der Waals surface area contributed by atoms with Gasteiger partial charge >= 0.3 is 0 Å². The fourth-order valence-corrected chi connectivity index (χ4v) is 3.17. The highest BCUT2D eigenvalue weighted by atomic mass is 16.5. The first kappa shape index (κ1) is 22.0. The quantitative estimate of drug-likeness (QED) is 0.470. The molecule has 3 aromatic carbocycles. The molecule has 0 saturated carbocycles. The van der Waals surface area contributed by atoms with Gasteiger partial charge in [-0.2, -0.15) is 0 Å². The number of rotatable bonds is 10. The van der Waals surface area contributed by atoms with Crippen molar-refractivity contribution in [1.29, 1.82) is 0 Å². The third-order valence-electron chi connectivity index (χ3n) is 4.63. The minimum atomic E-state index is -0.118. The Morgan fingerprint density at radius 3 is 2.26 bits per heavy atom. The van der Waals surface area contributed by atoms with Gasteiger partial charge in [0, 0.05) is 6.42 Å². The van der Waals surface area contributed by atoms with Crippen LogP contribution in [0.15, 0.2) is 66.7 Å². The van der Waals surface area contributed by atoms with E-state index in [-0.39, 0.29) is 5.91 Å². The molecule has 0 radical (unpaired) electrons. The van der Waals surface area contributed by atoms with Crippen LogP contribution in [0.1, 0.15) is 18.9 Å². The maximum Gasteiger partial charge on any atom is 0.224 e. The summed E-state index contributed by atoms with van der Waals surface area (Å²) in [6, 6.07) is 20.3. The van der Waals surface area contributed by atoms with Gasteiger partial charge in [-0.05, 0) is 61.4 Å². The van der Waals surface area contributed by atoms with Gasteiger partial charge in [0.15, 0.2) is 17.2 Å². The molecule has 1 amide bonds. The number of carbonyl (C=O) groups excluding carboxylic acids is 1. The van der Waals surface area contributed by atoms with Crippen LogP contribution in [0.3, 0.4) is 0 Å². The van der Waals surface area contributed by atoms with Gasteiger partial charge in [0.25, 0.3) is 0 Å². The number of methoxy groups -OCH3 is 2. The van der Waals surface area contributed by atoms with E-state index < -0.39 is 0 Å². The molecule has 162 valence electrons. The first-order valence-corrected chi connectivity index (χ1v) is 10.1. The largest absolute Gasteiger partial charge is 0.494 e. The predicted molar refractivity (Wildman–Crippen MR) is 121 cm³/mol. The number of benzene rings is 3. The molecule has 0 fully saturated rings. The van der Waals surface area contributed by atoms with E-state index in [1.165, 1.54) is 0 Å². The van der Waals surface area contributed by atoms with Crippen molar-refractivity contribution in [1.82, 2.24) is 0 Å². The molecule has 31 heavy (non-hydrogen) atoms. The summed E-state index contributed by atoms with van der Waals surface area (Å²) in [5.74, 6) is 3.19. The monoisotopic (exact) mass is 421 g/mol. The van der Waals surface area contributed by atoms with Crippen molar-refractivity contribution in [2.24, 2.45) is 0 Å². The molecule has 0 bridgehead atoms. The van der Waals surface area contributed by atoms with E-state index in [0.29, 0.717) is 48.1 Å². The summed E-state index contributed by atoms with van der Waals surface area (Å²) in [4.78, 5) is 12.6. The van der Waals surface area contributed by atoms with Gasteiger partial charge in [0.2, 0.25) is 5.91 Å². The number of carbonyl (C=O) groups is 1. The van der Waals surface area contributed by atoms with E-state index in [0.717, 1.165) is 11.3 Å². The SMILES string of the molecule is CCOc1ccc(Oc2ccccc2NC(=O)CCc2cccc(OC)c2OC)cc1. The summed E-state index contributed by atoms with van der Waals surface area (Å²) < 4.78 is 22.2. The highest BCUT2D eigenvalue weighted by Gasteiger charge is 2.13. The minimum Gasteiger partial charge on any atom is -0.494 e.